The van der Waals surface area contributed by atoms with Crippen LogP contribution in [0.1, 0.15) is 10.4 Å². The fraction of sp³-hybridized carbons (Fsp3) is 0.300. The number of amides is 2. The molecule has 1 aromatic heterocycles. The molecule has 2 amide bonds. The Labute approximate surface area is 103 Å². The van der Waals surface area contributed by atoms with E-state index in [1.807, 2.05) is 7.05 Å². The fourth-order valence-electron chi connectivity index (χ4n) is 1.10. The summed E-state index contributed by atoms with van der Waals surface area (Å²) < 4.78 is 1.75. The second-order valence-electron chi connectivity index (χ2n) is 3.30. The van der Waals surface area contributed by atoms with Gasteiger partial charge >= 0.3 is 0 Å². The first-order valence-corrected chi connectivity index (χ1v) is 6.06. The normalized spacial score (nSPS) is 11.3. The van der Waals surface area contributed by atoms with Gasteiger partial charge in [-0.1, -0.05) is 11.8 Å². The monoisotopic (exact) mass is 254 g/mol. The molecule has 1 aromatic rings. The number of aryl methyl sites for hydroxylation is 1. The van der Waals surface area contributed by atoms with Crippen LogP contribution in [0.3, 0.4) is 0 Å². The highest BCUT2D eigenvalue weighted by Crippen LogP contribution is 1.98. The molecule has 3 N–H and O–H groups in total. The largest absolute Gasteiger partial charge is 0.378 e. The van der Waals surface area contributed by atoms with Gasteiger partial charge in [0.1, 0.15) is 0 Å². The molecule has 0 unspecified atom stereocenters. The van der Waals surface area contributed by atoms with Crippen molar-refractivity contribution in [1.29, 1.82) is 0 Å². The second kappa shape index (κ2) is 6.09. The number of carbonyl (C=O) groups excluding carboxylic acids is 2. The van der Waals surface area contributed by atoms with Crippen LogP contribution in [0, 0.1) is 0 Å². The number of nitrogens with one attached hydrogen (secondary N) is 1. The van der Waals surface area contributed by atoms with E-state index in [4.69, 9.17) is 5.73 Å². The van der Waals surface area contributed by atoms with Crippen molar-refractivity contribution in [2.24, 2.45) is 17.8 Å². The molecular weight excluding hydrogens is 240 g/mol. The van der Waals surface area contributed by atoms with Gasteiger partial charge in [0, 0.05) is 19.4 Å². The lowest BCUT2D eigenvalue weighted by atomic mass is 10.3. The van der Waals surface area contributed by atoms with Crippen LogP contribution in [0.2, 0.25) is 0 Å². The van der Waals surface area contributed by atoms with Crippen LogP contribution in [-0.4, -0.2) is 34.3 Å². The fourth-order valence-corrected chi connectivity index (χ4v) is 1.30. The molecule has 0 aromatic carbocycles. The van der Waals surface area contributed by atoms with Crippen LogP contribution in [0.25, 0.3) is 0 Å². The van der Waals surface area contributed by atoms with Crippen LogP contribution >= 0.6 is 11.8 Å². The van der Waals surface area contributed by atoms with Crippen LogP contribution in [-0.2, 0) is 11.8 Å². The molecular formula is C10H14N4O2S. The summed E-state index contributed by atoms with van der Waals surface area (Å²) in [6.07, 6.45) is 5.13. The number of thioether (sulfide) groups is 1. The molecule has 0 aliphatic rings. The summed E-state index contributed by atoms with van der Waals surface area (Å²) >= 11 is 1.18. The van der Waals surface area contributed by atoms with E-state index in [9.17, 15) is 9.59 Å². The van der Waals surface area contributed by atoms with Crippen molar-refractivity contribution < 1.29 is 9.59 Å². The molecule has 0 aliphatic carbocycles. The highest BCUT2D eigenvalue weighted by Gasteiger charge is 2.08. The number of amidine groups is 1. The maximum atomic E-state index is 11.6. The van der Waals surface area contributed by atoms with Crippen LogP contribution in [0.4, 0.5) is 0 Å². The topological polar surface area (TPSA) is 89.5 Å². The molecule has 0 saturated heterocycles. The minimum atomic E-state index is -0.471. The Kier molecular flexibility index (Phi) is 4.77. The van der Waals surface area contributed by atoms with E-state index < -0.39 is 5.91 Å². The van der Waals surface area contributed by atoms with E-state index in [-0.39, 0.29) is 17.6 Å². The van der Waals surface area contributed by atoms with Gasteiger partial charge in [-0.15, -0.1) is 0 Å². The lowest BCUT2D eigenvalue weighted by molar-refractivity contribution is -0.116. The van der Waals surface area contributed by atoms with Crippen LogP contribution < -0.4 is 11.1 Å². The van der Waals surface area contributed by atoms with Gasteiger partial charge in [-0.3, -0.25) is 9.59 Å². The molecule has 0 bridgehead atoms. The quantitative estimate of drug-likeness (QED) is 0.585. The van der Waals surface area contributed by atoms with Crippen molar-refractivity contribution in [1.82, 2.24) is 9.88 Å². The van der Waals surface area contributed by atoms with Gasteiger partial charge in [0.15, 0.2) is 5.17 Å². The van der Waals surface area contributed by atoms with Crippen LogP contribution in [0.15, 0.2) is 23.5 Å². The maximum absolute atomic E-state index is 11.6. The summed E-state index contributed by atoms with van der Waals surface area (Å²) in [5, 5.41) is 2.65. The lowest BCUT2D eigenvalue weighted by Crippen LogP contribution is -2.29. The van der Waals surface area contributed by atoms with Crippen molar-refractivity contribution in [2.45, 2.75) is 0 Å². The third kappa shape index (κ3) is 4.31. The van der Waals surface area contributed by atoms with E-state index >= 15 is 0 Å². The Hall–Kier alpha value is -1.76. The molecule has 17 heavy (non-hydrogen) atoms. The van der Waals surface area contributed by atoms with Crippen molar-refractivity contribution in [3.8, 4) is 0 Å². The van der Waals surface area contributed by atoms with Gasteiger partial charge in [-0.05, 0) is 12.3 Å². The Morgan fingerprint density at radius 2 is 2.29 bits per heavy atom. The van der Waals surface area contributed by atoms with Gasteiger partial charge in [0.2, 0.25) is 0 Å². The summed E-state index contributed by atoms with van der Waals surface area (Å²) in [5.74, 6) is -0.780. The average molecular weight is 254 g/mol. The van der Waals surface area contributed by atoms with Crippen molar-refractivity contribution in [2.75, 3.05) is 12.8 Å². The van der Waals surface area contributed by atoms with E-state index in [1.165, 1.54) is 11.8 Å². The first-order chi connectivity index (χ1) is 8.02. The van der Waals surface area contributed by atoms with Gasteiger partial charge in [0.25, 0.3) is 11.8 Å². The minimum absolute atomic E-state index is 0.158. The molecule has 7 heteroatoms. The molecule has 0 aliphatic heterocycles. The Morgan fingerprint density at radius 3 is 2.82 bits per heavy atom. The third-order valence-electron chi connectivity index (χ3n) is 1.94. The summed E-state index contributed by atoms with van der Waals surface area (Å²) in [7, 11) is 1.81. The van der Waals surface area contributed by atoms with Gasteiger partial charge in [0.05, 0.1) is 12.1 Å². The smallest absolute Gasteiger partial charge is 0.267 e. The van der Waals surface area contributed by atoms with Gasteiger partial charge < -0.3 is 15.6 Å². The standard InChI is InChI=1S/C10H14N4O2S/c1-14-4-3-7(6-14)9(16)12-5-8(15)13-10(11)17-2/h3-4,6H,5H2,1-2H3,(H,12,16)(H2,11,13,15). The highest BCUT2D eigenvalue weighted by molar-refractivity contribution is 8.13. The zero-order valence-electron chi connectivity index (χ0n) is 9.64. The number of rotatable bonds is 3. The minimum Gasteiger partial charge on any atom is -0.378 e. The lowest BCUT2D eigenvalue weighted by Gasteiger charge is -2.00. The van der Waals surface area contributed by atoms with Crippen molar-refractivity contribution in [3.63, 3.8) is 0 Å². The van der Waals surface area contributed by atoms with Gasteiger partial charge in [-0.2, -0.15) is 4.99 Å². The number of carbonyl (C=O) groups is 2. The summed E-state index contributed by atoms with van der Waals surface area (Å²) in [5.41, 5.74) is 5.87. The summed E-state index contributed by atoms with van der Waals surface area (Å²) in [6.45, 7) is -0.158. The predicted molar refractivity (Wildman–Crippen MR) is 67.9 cm³/mol. The number of nitrogens with two attached hydrogens (primary N) is 1. The first kappa shape index (κ1) is 13.3. The molecule has 0 spiro atoms. The summed E-state index contributed by atoms with van der Waals surface area (Å²) in [4.78, 5) is 26.4. The van der Waals surface area contributed by atoms with E-state index in [1.54, 1.807) is 29.3 Å². The van der Waals surface area contributed by atoms with Crippen molar-refractivity contribution >= 4 is 28.7 Å². The Bertz CT molecular complexity index is 453. The van der Waals surface area contributed by atoms with Crippen molar-refractivity contribution in [3.05, 3.63) is 24.0 Å². The zero-order valence-corrected chi connectivity index (χ0v) is 10.5. The first-order valence-electron chi connectivity index (χ1n) is 4.84. The second-order valence-corrected chi connectivity index (χ2v) is 4.12. The average Bonchev–Trinajstić information content (AvgIpc) is 2.72. The summed E-state index contributed by atoms with van der Waals surface area (Å²) in [6, 6.07) is 1.67. The number of hydrogen-bond donors (Lipinski definition) is 2. The van der Waals surface area contributed by atoms with E-state index in [2.05, 4.69) is 10.3 Å². The number of hydrogen-bond acceptors (Lipinski definition) is 3. The molecule has 0 atom stereocenters. The third-order valence-corrected chi connectivity index (χ3v) is 2.45. The molecule has 6 nitrogen and oxygen atoms in total. The number of aromatic nitrogens is 1. The van der Waals surface area contributed by atoms with Crippen LogP contribution in [0.5, 0.6) is 0 Å². The highest BCUT2D eigenvalue weighted by atomic mass is 32.2. The maximum Gasteiger partial charge on any atom is 0.267 e. The number of aliphatic imine (C=N–C) groups is 1. The van der Waals surface area contributed by atoms with Gasteiger partial charge in [-0.25, -0.2) is 0 Å². The Morgan fingerprint density at radius 1 is 1.59 bits per heavy atom. The van der Waals surface area contributed by atoms with E-state index in [0.717, 1.165) is 0 Å². The predicted octanol–water partition coefficient (Wildman–Crippen LogP) is -0.0408. The number of nitrogens with zero attached hydrogens (tertiary/aromatic N) is 2. The molecule has 0 radical (unpaired) electrons. The molecule has 1 rings (SSSR count). The SMILES string of the molecule is CSC(N)=NC(=O)CNC(=O)c1ccn(C)c1. The van der Waals surface area contributed by atoms with E-state index in [0.29, 0.717) is 5.56 Å². The molecule has 0 fully saturated rings. The zero-order chi connectivity index (χ0) is 12.8. The molecule has 1 heterocycles. The molecule has 0 saturated carbocycles. The molecule has 92 valence electrons. The Balaban J connectivity index is 2.46.